The zero-order chi connectivity index (χ0) is 19.5. The van der Waals surface area contributed by atoms with Crippen LogP contribution >= 0.6 is 0 Å². The zero-order valence-corrected chi connectivity index (χ0v) is 15.7. The number of ether oxygens (including phenoxy) is 1. The number of anilines is 1. The standard InChI is InChI=1S/C21H22N4O3/c1-24(14-15-6-8-16(9-7-15)25-10-12-28-13-11-25)21(27)19-17-4-2-3-5-18(17)20(26)23-22-19/h2-9H,10-14H2,1H3,(H,23,26). The Hall–Kier alpha value is -3.19. The van der Waals surface area contributed by atoms with Crippen LogP contribution in [0.5, 0.6) is 0 Å². The van der Waals surface area contributed by atoms with Gasteiger partial charge in [-0.05, 0) is 23.8 Å². The van der Waals surface area contributed by atoms with Crippen molar-refractivity contribution in [1.29, 1.82) is 0 Å². The van der Waals surface area contributed by atoms with Gasteiger partial charge in [-0.2, -0.15) is 5.10 Å². The maximum absolute atomic E-state index is 12.9. The van der Waals surface area contributed by atoms with Gasteiger partial charge in [-0.15, -0.1) is 0 Å². The van der Waals surface area contributed by atoms with E-state index in [1.54, 1.807) is 36.2 Å². The molecule has 7 heteroatoms. The van der Waals surface area contributed by atoms with E-state index in [0.717, 1.165) is 37.6 Å². The lowest BCUT2D eigenvalue weighted by Gasteiger charge is -2.29. The van der Waals surface area contributed by atoms with E-state index in [9.17, 15) is 9.59 Å². The summed E-state index contributed by atoms with van der Waals surface area (Å²) in [6.45, 7) is 3.74. The predicted molar refractivity (Wildman–Crippen MR) is 108 cm³/mol. The molecule has 144 valence electrons. The van der Waals surface area contributed by atoms with Crippen LogP contribution in [0.2, 0.25) is 0 Å². The molecule has 1 amide bonds. The van der Waals surface area contributed by atoms with Gasteiger partial charge in [-0.1, -0.05) is 30.3 Å². The second kappa shape index (κ2) is 7.82. The first-order chi connectivity index (χ1) is 13.6. The number of morpholine rings is 1. The molecule has 0 unspecified atom stereocenters. The first kappa shape index (κ1) is 18.2. The lowest BCUT2D eigenvalue weighted by molar-refractivity contribution is 0.0780. The molecule has 1 fully saturated rings. The Bertz CT molecular complexity index is 1040. The van der Waals surface area contributed by atoms with Gasteiger partial charge in [0.2, 0.25) is 0 Å². The Balaban J connectivity index is 1.51. The molecular weight excluding hydrogens is 356 g/mol. The fourth-order valence-corrected chi connectivity index (χ4v) is 3.44. The van der Waals surface area contributed by atoms with E-state index in [-0.39, 0.29) is 17.2 Å². The summed E-state index contributed by atoms with van der Waals surface area (Å²) in [5.74, 6) is -0.232. The molecule has 7 nitrogen and oxygen atoms in total. The molecule has 3 aromatic rings. The Morgan fingerprint density at radius 2 is 1.79 bits per heavy atom. The third kappa shape index (κ3) is 3.61. The van der Waals surface area contributed by atoms with Crippen molar-refractivity contribution < 1.29 is 9.53 Å². The highest BCUT2D eigenvalue weighted by Crippen LogP contribution is 2.19. The monoisotopic (exact) mass is 378 g/mol. The second-order valence-electron chi connectivity index (χ2n) is 6.87. The molecule has 28 heavy (non-hydrogen) atoms. The SMILES string of the molecule is CN(Cc1ccc(N2CCOCC2)cc1)C(=O)c1n[nH]c(=O)c2ccccc12. The Labute approximate surface area is 162 Å². The van der Waals surface area contributed by atoms with Crippen molar-refractivity contribution in [1.82, 2.24) is 15.1 Å². The Morgan fingerprint density at radius 3 is 2.50 bits per heavy atom. The topological polar surface area (TPSA) is 78.5 Å². The molecule has 1 aliphatic rings. The summed E-state index contributed by atoms with van der Waals surface area (Å²) in [7, 11) is 1.74. The van der Waals surface area contributed by atoms with Gasteiger partial charge in [0, 0.05) is 37.8 Å². The number of amides is 1. The van der Waals surface area contributed by atoms with E-state index in [1.807, 2.05) is 12.1 Å². The average Bonchev–Trinajstić information content (AvgIpc) is 2.75. The molecule has 1 aliphatic heterocycles. The fraction of sp³-hybridized carbons (Fsp3) is 0.286. The van der Waals surface area contributed by atoms with Gasteiger partial charge in [0.15, 0.2) is 5.69 Å². The maximum Gasteiger partial charge on any atom is 0.274 e. The molecule has 0 atom stereocenters. The number of nitrogens with zero attached hydrogens (tertiary/aromatic N) is 3. The van der Waals surface area contributed by atoms with Crippen LogP contribution in [0.25, 0.3) is 10.8 Å². The van der Waals surface area contributed by atoms with Crippen LogP contribution in [0.3, 0.4) is 0 Å². The number of fused-ring (bicyclic) bond motifs is 1. The van der Waals surface area contributed by atoms with Gasteiger partial charge in [0.1, 0.15) is 0 Å². The van der Waals surface area contributed by atoms with Gasteiger partial charge >= 0.3 is 0 Å². The summed E-state index contributed by atoms with van der Waals surface area (Å²) in [5.41, 5.74) is 2.15. The minimum absolute atomic E-state index is 0.232. The van der Waals surface area contributed by atoms with E-state index in [1.165, 1.54) is 0 Å². The summed E-state index contributed by atoms with van der Waals surface area (Å²) in [4.78, 5) is 28.7. The number of hydrogen-bond donors (Lipinski definition) is 1. The van der Waals surface area contributed by atoms with E-state index in [0.29, 0.717) is 17.3 Å². The number of aromatic amines is 1. The molecule has 4 rings (SSSR count). The zero-order valence-electron chi connectivity index (χ0n) is 15.7. The molecule has 0 bridgehead atoms. The van der Waals surface area contributed by atoms with Gasteiger partial charge < -0.3 is 14.5 Å². The molecule has 1 saturated heterocycles. The van der Waals surface area contributed by atoms with Gasteiger partial charge in [0.25, 0.3) is 11.5 Å². The lowest BCUT2D eigenvalue weighted by Crippen LogP contribution is -2.36. The number of carbonyl (C=O) groups is 1. The van der Waals surface area contributed by atoms with E-state index >= 15 is 0 Å². The third-order valence-corrected chi connectivity index (χ3v) is 4.98. The number of hydrogen-bond acceptors (Lipinski definition) is 5. The summed E-state index contributed by atoms with van der Waals surface area (Å²) < 4.78 is 5.39. The van der Waals surface area contributed by atoms with E-state index in [4.69, 9.17) is 4.74 Å². The molecule has 1 aromatic heterocycles. The van der Waals surface area contributed by atoms with Crippen LogP contribution < -0.4 is 10.5 Å². The lowest BCUT2D eigenvalue weighted by atomic mass is 10.1. The van der Waals surface area contributed by atoms with E-state index < -0.39 is 0 Å². The van der Waals surface area contributed by atoms with Gasteiger partial charge in [-0.25, -0.2) is 5.10 Å². The number of nitrogens with one attached hydrogen (secondary N) is 1. The van der Waals surface area contributed by atoms with Gasteiger partial charge in [0.05, 0.1) is 18.6 Å². The normalized spacial score (nSPS) is 14.2. The minimum atomic E-state index is -0.298. The minimum Gasteiger partial charge on any atom is -0.378 e. The highest BCUT2D eigenvalue weighted by atomic mass is 16.5. The highest BCUT2D eigenvalue weighted by Gasteiger charge is 2.18. The molecule has 1 N–H and O–H groups in total. The van der Waals surface area contributed by atoms with Crippen molar-refractivity contribution in [2.24, 2.45) is 0 Å². The number of carbonyl (C=O) groups excluding carboxylic acids is 1. The van der Waals surface area contributed by atoms with Crippen LogP contribution in [0.15, 0.2) is 53.3 Å². The van der Waals surface area contributed by atoms with Gasteiger partial charge in [-0.3, -0.25) is 9.59 Å². The summed E-state index contributed by atoms with van der Waals surface area (Å²) in [5, 5.41) is 7.44. The van der Waals surface area contributed by atoms with Crippen LogP contribution in [-0.2, 0) is 11.3 Å². The molecule has 0 radical (unpaired) electrons. The quantitative estimate of drug-likeness (QED) is 0.752. The first-order valence-corrected chi connectivity index (χ1v) is 9.28. The molecule has 0 saturated carbocycles. The Morgan fingerprint density at radius 1 is 1.11 bits per heavy atom. The molecule has 2 heterocycles. The van der Waals surface area contributed by atoms with Crippen molar-refractivity contribution in [3.8, 4) is 0 Å². The molecule has 2 aromatic carbocycles. The molecule has 0 spiro atoms. The van der Waals surface area contributed by atoms with Crippen molar-refractivity contribution >= 4 is 22.4 Å². The number of rotatable bonds is 4. The first-order valence-electron chi connectivity index (χ1n) is 9.28. The summed E-state index contributed by atoms with van der Waals surface area (Å²) in [6, 6.07) is 15.2. The average molecular weight is 378 g/mol. The van der Waals surface area contributed by atoms with Crippen LogP contribution in [0, 0.1) is 0 Å². The number of aromatic nitrogens is 2. The predicted octanol–water partition coefficient (Wildman–Crippen LogP) is 2.03. The second-order valence-corrected chi connectivity index (χ2v) is 6.87. The van der Waals surface area contributed by atoms with Crippen molar-refractivity contribution in [3.63, 3.8) is 0 Å². The maximum atomic E-state index is 12.9. The Kier molecular flexibility index (Phi) is 5.08. The van der Waals surface area contributed by atoms with E-state index in [2.05, 4.69) is 27.2 Å². The largest absolute Gasteiger partial charge is 0.378 e. The van der Waals surface area contributed by atoms with Crippen molar-refractivity contribution in [3.05, 3.63) is 70.1 Å². The smallest absolute Gasteiger partial charge is 0.274 e. The molecule has 0 aliphatic carbocycles. The number of benzene rings is 2. The van der Waals surface area contributed by atoms with Crippen LogP contribution in [0.1, 0.15) is 16.1 Å². The third-order valence-electron chi connectivity index (χ3n) is 4.98. The summed E-state index contributed by atoms with van der Waals surface area (Å²) >= 11 is 0. The van der Waals surface area contributed by atoms with Crippen molar-refractivity contribution in [2.45, 2.75) is 6.54 Å². The number of H-pyrrole nitrogens is 1. The molecular formula is C21H22N4O3. The van der Waals surface area contributed by atoms with Crippen LogP contribution in [0.4, 0.5) is 5.69 Å². The van der Waals surface area contributed by atoms with Crippen molar-refractivity contribution in [2.75, 3.05) is 38.3 Å². The fourth-order valence-electron chi connectivity index (χ4n) is 3.44. The highest BCUT2D eigenvalue weighted by molar-refractivity contribution is 6.04. The summed E-state index contributed by atoms with van der Waals surface area (Å²) in [6.07, 6.45) is 0. The van der Waals surface area contributed by atoms with Crippen LogP contribution in [-0.4, -0.2) is 54.4 Å².